The van der Waals surface area contributed by atoms with Gasteiger partial charge in [-0.15, -0.1) is 0 Å². The molecule has 0 saturated heterocycles. The highest BCUT2D eigenvalue weighted by Gasteiger charge is 2.07. The standard InChI is InChI=1S/C13H24N2O3/c1-5-12(16)14-7-10(3)8-18-9-11(4)15-13(17)6-2/h5,10-11H,1,6-9H2,2-4H3,(H,14,16)(H,15,17). The van der Waals surface area contributed by atoms with E-state index in [0.29, 0.717) is 26.2 Å². The Hall–Kier alpha value is -1.36. The van der Waals surface area contributed by atoms with E-state index in [1.807, 2.05) is 20.8 Å². The summed E-state index contributed by atoms with van der Waals surface area (Å²) >= 11 is 0. The maximum absolute atomic E-state index is 11.1. The molecule has 5 heteroatoms. The average molecular weight is 256 g/mol. The molecule has 5 nitrogen and oxygen atoms in total. The summed E-state index contributed by atoms with van der Waals surface area (Å²) in [5, 5.41) is 5.52. The zero-order valence-electron chi connectivity index (χ0n) is 11.5. The summed E-state index contributed by atoms with van der Waals surface area (Å²) in [7, 11) is 0. The predicted octanol–water partition coefficient (Wildman–Crippen LogP) is 0.856. The van der Waals surface area contributed by atoms with Crippen molar-refractivity contribution in [3.63, 3.8) is 0 Å². The molecule has 0 radical (unpaired) electrons. The molecule has 0 heterocycles. The van der Waals surface area contributed by atoms with Crippen LogP contribution in [0.4, 0.5) is 0 Å². The Bertz CT molecular complexity index is 279. The normalized spacial score (nSPS) is 13.5. The number of ether oxygens (including phenoxy) is 1. The van der Waals surface area contributed by atoms with Crippen LogP contribution in [0.5, 0.6) is 0 Å². The summed E-state index contributed by atoms with van der Waals surface area (Å²) in [6.07, 6.45) is 1.73. The fraction of sp³-hybridized carbons (Fsp3) is 0.692. The van der Waals surface area contributed by atoms with Gasteiger partial charge >= 0.3 is 0 Å². The fourth-order valence-electron chi connectivity index (χ4n) is 1.27. The maximum atomic E-state index is 11.1. The lowest BCUT2D eigenvalue weighted by atomic mass is 10.2. The number of hydrogen-bond acceptors (Lipinski definition) is 3. The number of carbonyl (C=O) groups is 2. The Morgan fingerprint density at radius 3 is 2.56 bits per heavy atom. The van der Waals surface area contributed by atoms with Crippen molar-refractivity contribution in [2.75, 3.05) is 19.8 Å². The third-order valence-electron chi connectivity index (χ3n) is 2.31. The molecule has 0 spiro atoms. The molecule has 0 aliphatic heterocycles. The zero-order chi connectivity index (χ0) is 14.0. The largest absolute Gasteiger partial charge is 0.379 e. The fourth-order valence-corrected chi connectivity index (χ4v) is 1.27. The molecule has 0 aliphatic rings. The van der Waals surface area contributed by atoms with Gasteiger partial charge < -0.3 is 15.4 Å². The van der Waals surface area contributed by atoms with Gasteiger partial charge in [0, 0.05) is 19.0 Å². The molecule has 0 aromatic rings. The monoisotopic (exact) mass is 256 g/mol. The lowest BCUT2D eigenvalue weighted by Crippen LogP contribution is -2.36. The second-order valence-electron chi connectivity index (χ2n) is 4.41. The van der Waals surface area contributed by atoms with E-state index in [9.17, 15) is 9.59 Å². The summed E-state index contributed by atoms with van der Waals surface area (Å²) in [6, 6.07) is 0.00687. The second-order valence-corrected chi connectivity index (χ2v) is 4.41. The highest BCUT2D eigenvalue weighted by molar-refractivity contribution is 5.86. The first-order valence-corrected chi connectivity index (χ1v) is 6.26. The summed E-state index contributed by atoms with van der Waals surface area (Å²) in [5.41, 5.74) is 0. The average Bonchev–Trinajstić information content (AvgIpc) is 2.35. The van der Waals surface area contributed by atoms with Crippen molar-refractivity contribution in [1.82, 2.24) is 10.6 Å². The van der Waals surface area contributed by atoms with Crippen LogP contribution in [0.2, 0.25) is 0 Å². The molecule has 0 aromatic carbocycles. The van der Waals surface area contributed by atoms with Crippen LogP contribution in [0.1, 0.15) is 27.2 Å². The molecule has 18 heavy (non-hydrogen) atoms. The summed E-state index contributed by atoms with van der Waals surface area (Å²) in [4.78, 5) is 22.0. The minimum absolute atomic E-state index is 0.00687. The van der Waals surface area contributed by atoms with E-state index in [0.717, 1.165) is 0 Å². The highest BCUT2D eigenvalue weighted by atomic mass is 16.5. The highest BCUT2D eigenvalue weighted by Crippen LogP contribution is 1.95. The van der Waals surface area contributed by atoms with E-state index in [1.165, 1.54) is 6.08 Å². The van der Waals surface area contributed by atoms with Crippen molar-refractivity contribution >= 4 is 11.8 Å². The van der Waals surface area contributed by atoms with Gasteiger partial charge in [-0.1, -0.05) is 20.4 Å². The van der Waals surface area contributed by atoms with Gasteiger partial charge in [-0.3, -0.25) is 9.59 Å². The van der Waals surface area contributed by atoms with E-state index in [1.54, 1.807) is 0 Å². The van der Waals surface area contributed by atoms with Crippen LogP contribution in [-0.4, -0.2) is 37.6 Å². The lowest BCUT2D eigenvalue weighted by molar-refractivity contribution is -0.122. The van der Waals surface area contributed by atoms with Crippen molar-refractivity contribution in [1.29, 1.82) is 0 Å². The van der Waals surface area contributed by atoms with Crippen LogP contribution in [0.25, 0.3) is 0 Å². The molecule has 0 fully saturated rings. The lowest BCUT2D eigenvalue weighted by Gasteiger charge is -2.16. The third kappa shape index (κ3) is 8.75. The molecular formula is C13H24N2O3. The van der Waals surface area contributed by atoms with Gasteiger partial charge in [0.05, 0.1) is 13.2 Å². The Morgan fingerprint density at radius 1 is 1.33 bits per heavy atom. The van der Waals surface area contributed by atoms with Crippen molar-refractivity contribution in [2.45, 2.75) is 33.2 Å². The molecule has 0 rings (SSSR count). The van der Waals surface area contributed by atoms with E-state index < -0.39 is 0 Å². The number of rotatable bonds is 9. The van der Waals surface area contributed by atoms with E-state index >= 15 is 0 Å². The summed E-state index contributed by atoms with van der Waals surface area (Å²) in [6.45, 7) is 10.7. The van der Waals surface area contributed by atoms with Crippen molar-refractivity contribution < 1.29 is 14.3 Å². The quantitative estimate of drug-likeness (QED) is 0.601. The molecule has 2 N–H and O–H groups in total. The van der Waals surface area contributed by atoms with Crippen LogP contribution in [0.3, 0.4) is 0 Å². The molecule has 2 amide bonds. The first-order chi connectivity index (χ1) is 8.49. The van der Waals surface area contributed by atoms with Gasteiger partial charge in [0.2, 0.25) is 11.8 Å². The molecule has 2 unspecified atom stereocenters. The smallest absolute Gasteiger partial charge is 0.243 e. The summed E-state index contributed by atoms with van der Waals surface area (Å²) in [5.74, 6) is 0.0748. The van der Waals surface area contributed by atoms with Crippen molar-refractivity contribution in [2.24, 2.45) is 5.92 Å². The number of carbonyl (C=O) groups excluding carboxylic acids is 2. The van der Waals surface area contributed by atoms with Crippen LogP contribution < -0.4 is 10.6 Å². The molecule has 0 bridgehead atoms. The Labute approximate surface area is 109 Å². The Morgan fingerprint density at radius 2 is 2.00 bits per heavy atom. The van der Waals surface area contributed by atoms with E-state index in [2.05, 4.69) is 17.2 Å². The molecular weight excluding hydrogens is 232 g/mol. The van der Waals surface area contributed by atoms with E-state index in [-0.39, 0.29) is 23.8 Å². The van der Waals surface area contributed by atoms with Gasteiger partial charge in [-0.05, 0) is 18.9 Å². The minimum atomic E-state index is -0.176. The summed E-state index contributed by atoms with van der Waals surface area (Å²) < 4.78 is 5.48. The molecule has 0 aliphatic carbocycles. The SMILES string of the molecule is C=CC(=O)NCC(C)COCC(C)NC(=O)CC. The second kappa shape index (κ2) is 9.65. The van der Waals surface area contributed by atoms with Crippen LogP contribution in [0, 0.1) is 5.92 Å². The minimum Gasteiger partial charge on any atom is -0.379 e. The maximum Gasteiger partial charge on any atom is 0.243 e. The first-order valence-electron chi connectivity index (χ1n) is 6.26. The predicted molar refractivity (Wildman–Crippen MR) is 71.1 cm³/mol. The first kappa shape index (κ1) is 16.6. The van der Waals surface area contributed by atoms with Crippen LogP contribution in [0.15, 0.2) is 12.7 Å². The molecule has 104 valence electrons. The Balaban J connectivity index is 3.61. The zero-order valence-corrected chi connectivity index (χ0v) is 11.5. The van der Waals surface area contributed by atoms with Gasteiger partial charge in [-0.2, -0.15) is 0 Å². The van der Waals surface area contributed by atoms with Gasteiger partial charge in [0.15, 0.2) is 0 Å². The number of amides is 2. The van der Waals surface area contributed by atoms with Gasteiger partial charge in [-0.25, -0.2) is 0 Å². The Kier molecular flexibility index (Phi) is 8.92. The van der Waals surface area contributed by atoms with Crippen LogP contribution >= 0.6 is 0 Å². The third-order valence-corrected chi connectivity index (χ3v) is 2.31. The number of hydrogen-bond donors (Lipinski definition) is 2. The van der Waals surface area contributed by atoms with Crippen LogP contribution in [-0.2, 0) is 14.3 Å². The topological polar surface area (TPSA) is 67.4 Å². The van der Waals surface area contributed by atoms with Gasteiger partial charge in [0.25, 0.3) is 0 Å². The van der Waals surface area contributed by atoms with Crippen molar-refractivity contribution in [3.05, 3.63) is 12.7 Å². The molecule has 0 saturated carbocycles. The molecule has 0 aromatic heterocycles. The molecule has 2 atom stereocenters. The van der Waals surface area contributed by atoms with Gasteiger partial charge in [0.1, 0.15) is 0 Å². The van der Waals surface area contributed by atoms with Crippen molar-refractivity contribution in [3.8, 4) is 0 Å². The number of nitrogens with one attached hydrogen (secondary N) is 2. The van der Waals surface area contributed by atoms with E-state index in [4.69, 9.17) is 4.74 Å².